The Morgan fingerprint density at radius 3 is 3.00 bits per heavy atom. The fourth-order valence-electron chi connectivity index (χ4n) is 0.983. The monoisotopic (exact) mass is 245 g/mol. The summed E-state index contributed by atoms with van der Waals surface area (Å²) in [5.74, 6) is 0.493. The first-order valence-electron chi connectivity index (χ1n) is 4.82. The van der Waals surface area contributed by atoms with Gasteiger partial charge in [-0.1, -0.05) is 25.6 Å². The number of rotatable bonds is 5. The van der Waals surface area contributed by atoms with Crippen LogP contribution in [0.2, 0.25) is 0 Å². The Kier molecular flexibility index (Phi) is 5.11. The molecule has 0 aliphatic rings. The lowest BCUT2D eigenvalue weighted by molar-refractivity contribution is -0.143. The maximum Gasteiger partial charge on any atom is 0.309 e. The summed E-state index contributed by atoms with van der Waals surface area (Å²) in [6.45, 7) is 3.95. The molecular formula is C10H15NO2S2. The maximum atomic E-state index is 11.1. The quantitative estimate of drug-likeness (QED) is 0.590. The highest BCUT2D eigenvalue weighted by Crippen LogP contribution is 2.25. The van der Waals surface area contributed by atoms with Gasteiger partial charge >= 0.3 is 5.97 Å². The molecule has 0 radical (unpaired) electrons. The van der Waals surface area contributed by atoms with Gasteiger partial charge in [-0.15, -0.1) is 11.3 Å². The van der Waals surface area contributed by atoms with E-state index in [-0.39, 0.29) is 11.9 Å². The van der Waals surface area contributed by atoms with Crippen molar-refractivity contribution in [2.75, 3.05) is 12.9 Å². The fraction of sp³-hybridized carbons (Fsp3) is 0.600. The van der Waals surface area contributed by atoms with Gasteiger partial charge in [0.05, 0.1) is 18.7 Å². The van der Waals surface area contributed by atoms with Crippen molar-refractivity contribution in [3.8, 4) is 0 Å². The Morgan fingerprint density at radius 1 is 1.73 bits per heavy atom. The summed E-state index contributed by atoms with van der Waals surface area (Å²) in [5.41, 5.74) is 1.12. The molecule has 3 nitrogen and oxygen atoms in total. The van der Waals surface area contributed by atoms with Crippen LogP contribution in [0.25, 0.3) is 0 Å². The predicted octanol–water partition coefficient (Wildman–Crippen LogP) is 2.61. The van der Waals surface area contributed by atoms with Crippen molar-refractivity contribution in [3.05, 3.63) is 11.1 Å². The number of methoxy groups -OCH3 is 1. The third-order valence-electron chi connectivity index (χ3n) is 1.95. The molecule has 1 aromatic rings. The standard InChI is InChI=1S/C10H15NO2S2/c1-4-8-6-15-10(11-8)14-5-7(2)9(12)13-3/h6-7H,4-5H2,1-3H3. The van der Waals surface area contributed by atoms with Crippen molar-refractivity contribution in [2.24, 2.45) is 5.92 Å². The molecule has 0 saturated carbocycles. The van der Waals surface area contributed by atoms with E-state index in [1.165, 1.54) is 7.11 Å². The van der Waals surface area contributed by atoms with Gasteiger partial charge in [0.25, 0.3) is 0 Å². The molecule has 0 aliphatic heterocycles. The number of carbonyl (C=O) groups is 1. The Labute approximate surface area is 98.2 Å². The first kappa shape index (κ1) is 12.5. The molecule has 1 unspecified atom stereocenters. The normalized spacial score (nSPS) is 12.5. The lowest BCUT2D eigenvalue weighted by Gasteiger charge is -2.06. The average molecular weight is 245 g/mol. The summed E-state index contributed by atoms with van der Waals surface area (Å²) in [4.78, 5) is 15.6. The molecule has 15 heavy (non-hydrogen) atoms. The lowest BCUT2D eigenvalue weighted by Crippen LogP contribution is -2.14. The van der Waals surface area contributed by atoms with Crippen LogP contribution in [0.15, 0.2) is 9.72 Å². The Hall–Kier alpha value is -0.550. The summed E-state index contributed by atoms with van der Waals surface area (Å²) < 4.78 is 5.69. The van der Waals surface area contributed by atoms with Crippen LogP contribution >= 0.6 is 23.1 Å². The van der Waals surface area contributed by atoms with Gasteiger partial charge in [0.15, 0.2) is 0 Å². The van der Waals surface area contributed by atoms with Gasteiger partial charge in [-0.3, -0.25) is 4.79 Å². The van der Waals surface area contributed by atoms with Crippen LogP contribution in [0.1, 0.15) is 19.5 Å². The summed E-state index contributed by atoms with van der Waals surface area (Å²) in [6.07, 6.45) is 0.962. The van der Waals surface area contributed by atoms with E-state index in [0.717, 1.165) is 22.2 Å². The number of aromatic nitrogens is 1. The fourth-order valence-corrected chi connectivity index (χ4v) is 2.94. The van der Waals surface area contributed by atoms with Gasteiger partial charge in [0.1, 0.15) is 4.34 Å². The molecule has 5 heteroatoms. The number of esters is 1. The zero-order chi connectivity index (χ0) is 11.3. The highest BCUT2D eigenvalue weighted by Gasteiger charge is 2.14. The summed E-state index contributed by atoms with van der Waals surface area (Å²) in [5, 5.41) is 2.06. The minimum absolute atomic E-state index is 0.0750. The zero-order valence-electron chi connectivity index (χ0n) is 9.15. The van der Waals surface area contributed by atoms with E-state index in [9.17, 15) is 4.79 Å². The second kappa shape index (κ2) is 6.12. The second-order valence-corrected chi connectivity index (χ2v) is 5.32. The van der Waals surface area contributed by atoms with E-state index in [0.29, 0.717) is 0 Å². The third kappa shape index (κ3) is 3.83. The van der Waals surface area contributed by atoms with Crippen molar-refractivity contribution >= 4 is 29.1 Å². The van der Waals surface area contributed by atoms with E-state index in [1.54, 1.807) is 23.1 Å². The first-order valence-corrected chi connectivity index (χ1v) is 6.69. The summed E-state index contributed by atoms with van der Waals surface area (Å²) >= 11 is 3.25. The van der Waals surface area contributed by atoms with E-state index in [4.69, 9.17) is 0 Å². The van der Waals surface area contributed by atoms with Crippen LogP contribution in [-0.4, -0.2) is 23.8 Å². The minimum atomic E-state index is -0.158. The number of thioether (sulfide) groups is 1. The smallest absolute Gasteiger partial charge is 0.309 e. The molecule has 0 amide bonds. The number of thiazole rings is 1. The van der Waals surface area contributed by atoms with Crippen molar-refractivity contribution in [3.63, 3.8) is 0 Å². The molecule has 84 valence electrons. The van der Waals surface area contributed by atoms with Gasteiger partial charge in [-0.2, -0.15) is 0 Å². The van der Waals surface area contributed by atoms with Crippen LogP contribution < -0.4 is 0 Å². The average Bonchev–Trinajstić information content (AvgIpc) is 2.72. The molecule has 0 saturated heterocycles. The summed E-state index contributed by atoms with van der Waals surface area (Å²) in [7, 11) is 1.42. The van der Waals surface area contributed by atoms with E-state index >= 15 is 0 Å². The van der Waals surface area contributed by atoms with Crippen molar-refractivity contribution in [2.45, 2.75) is 24.6 Å². The van der Waals surface area contributed by atoms with Crippen LogP contribution in [0, 0.1) is 5.92 Å². The zero-order valence-corrected chi connectivity index (χ0v) is 10.8. The molecular weight excluding hydrogens is 230 g/mol. The molecule has 0 aliphatic carbocycles. The molecule has 1 aromatic heterocycles. The largest absolute Gasteiger partial charge is 0.469 e. The van der Waals surface area contributed by atoms with Gasteiger partial charge in [-0.25, -0.2) is 4.98 Å². The molecule has 1 heterocycles. The van der Waals surface area contributed by atoms with E-state index < -0.39 is 0 Å². The molecule has 1 atom stereocenters. The highest BCUT2D eigenvalue weighted by atomic mass is 32.2. The second-order valence-electron chi connectivity index (χ2n) is 3.19. The SMILES string of the molecule is CCc1csc(SCC(C)C(=O)OC)n1. The number of hydrogen-bond donors (Lipinski definition) is 0. The number of carbonyl (C=O) groups excluding carboxylic acids is 1. The van der Waals surface area contributed by atoms with Crippen LogP contribution in [0.5, 0.6) is 0 Å². The van der Waals surface area contributed by atoms with Crippen LogP contribution in [-0.2, 0) is 16.0 Å². The number of aryl methyl sites for hydroxylation is 1. The van der Waals surface area contributed by atoms with Crippen LogP contribution in [0.3, 0.4) is 0 Å². The summed E-state index contributed by atoms with van der Waals surface area (Å²) in [6, 6.07) is 0. The molecule has 0 bridgehead atoms. The van der Waals surface area contributed by atoms with Gasteiger partial charge < -0.3 is 4.74 Å². The van der Waals surface area contributed by atoms with Crippen LogP contribution in [0.4, 0.5) is 0 Å². The highest BCUT2D eigenvalue weighted by molar-refractivity contribution is 8.01. The van der Waals surface area contributed by atoms with Crippen molar-refractivity contribution in [1.82, 2.24) is 4.98 Å². The molecule has 0 aromatic carbocycles. The maximum absolute atomic E-state index is 11.1. The Morgan fingerprint density at radius 2 is 2.47 bits per heavy atom. The van der Waals surface area contributed by atoms with Gasteiger partial charge in [0.2, 0.25) is 0 Å². The number of hydrogen-bond acceptors (Lipinski definition) is 5. The molecule has 1 rings (SSSR count). The molecule has 0 spiro atoms. The Balaban J connectivity index is 2.39. The Bertz CT molecular complexity index is 325. The first-order chi connectivity index (χ1) is 7.17. The van der Waals surface area contributed by atoms with Crippen molar-refractivity contribution in [1.29, 1.82) is 0 Å². The lowest BCUT2D eigenvalue weighted by atomic mass is 10.2. The van der Waals surface area contributed by atoms with Gasteiger partial charge in [-0.05, 0) is 6.42 Å². The van der Waals surface area contributed by atoms with Gasteiger partial charge in [0, 0.05) is 11.1 Å². The number of nitrogens with zero attached hydrogens (tertiary/aromatic N) is 1. The molecule has 0 N–H and O–H groups in total. The number of ether oxygens (including phenoxy) is 1. The third-order valence-corrected chi connectivity index (χ3v) is 4.28. The van der Waals surface area contributed by atoms with E-state index in [1.807, 2.05) is 6.92 Å². The minimum Gasteiger partial charge on any atom is -0.469 e. The molecule has 0 fully saturated rings. The van der Waals surface area contributed by atoms with Crippen molar-refractivity contribution < 1.29 is 9.53 Å². The topological polar surface area (TPSA) is 39.2 Å². The van der Waals surface area contributed by atoms with E-state index in [2.05, 4.69) is 22.0 Å². The predicted molar refractivity (Wildman–Crippen MR) is 63.4 cm³/mol.